The van der Waals surface area contributed by atoms with Crippen LogP contribution in [0.5, 0.6) is 0 Å². The molecule has 3 rings (SSSR count). The standard InChI is InChI=1S/C14H21FN4O6P2S2/c1-21-8-26(28)23-3-2-19-11(18-12-13(19)16-7-17-14(12)20)6-24-27(29)25-10-5-22-4-9(10)15/h7-10,26,28-29H,2-6H2,1H3,(H,16,17,20). The summed E-state index contributed by atoms with van der Waals surface area (Å²) < 4.78 is 41.9. The van der Waals surface area contributed by atoms with Crippen LogP contribution in [-0.4, -0.2) is 64.7 Å². The number of halogens is 1. The Labute approximate surface area is 178 Å². The topological polar surface area (TPSA) is 110 Å². The number of fused-ring (bicyclic) bond motifs is 1. The molecular weight excluding hydrogens is 465 g/mol. The molecule has 1 aliphatic rings. The number of nitrogens with one attached hydrogen (secondary N) is 1. The van der Waals surface area contributed by atoms with Gasteiger partial charge < -0.3 is 32.6 Å². The number of imidazole rings is 1. The number of H-pyrrole nitrogens is 1. The fraction of sp³-hybridized carbons (Fsp3) is 0.571. The molecule has 1 fully saturated rings. The minimum atomic E-state index is -1.66. The molecule has 15 heteroatoms. The lowest BCUT2D eigenvalue weighted by atomic mass is 10.3. The van der Waals surface area contributed by atoms with Crippen LogP contribution in [0, 0.1) is 0 Å². The Balaban J connectivity index is 1.69. The maximum Gasteiger partial charge on any atom is 0.278 e. The molecule has 2 aromatic rings. The predicted molar refractivity (Wildman–Crippen MR) is 116 cm³/mol. The number of hydrogen-bond donors (Lipinski definition) is 3. The summed E-state index contributed by atoms with van der Waals surface area (Å²) in [4.78, 5) is 23.1. The number of methoxy groups -OCH3 is 1. The molecule has 0 radical (unpaired) electrons. The quantitative estimate of drug-likeness (QED) is 0.346. The van der Waals surface area contributed by atoms with Gasteiger partial charge in [-0.25, -0.2) is 14.4 Å². The van der Waals surface area contributed by atoms with Crippen molar-refractivity contribution in [3.05, 3.63) is 22.5 Å². The predicted octanol–water partition coefficient (Wildman–Crippen LogP) is 1.94. The number of alkyl halides is 1. The second-order valence-electron chi connectivity index (χ2n) is 5.83. The van der Waals surface area contributed by atoms with E-state index in [4.69, 9.17) is 23.0 Å². The van der Waals surface area contributed by atoms with Crippen molar-refractivity contribution >= 4 is 56.2 Å². The molecule has 0 spiro atoms. The Morgan fingerprint density at radius 1 is 1.55 bits per heavy atom. The number of hydrogen-bond acceptors (Lipinski definition) is 10. The molecule has 1 N–H and O–H groups in total. The fourth-order valence-corrected chi connectivity index (χ4v) is 4.99. The van der Waals surface area contributed by atoms with Gasteiger partial charge in [-0.05, 0) is 0 Å². The fourth-order valence-electron chi connectivity index (χ4n) is 2.58. The van der Waals surface area contributed by atoms with Crippen molar-refractivity contribution in [1.29, 1.82) is 0 Å². The highest BCUT2D eigenvalue weighted by atomic mass is 32.7. The van der Waals surface area contributed by atoms with Crippen molar-refractivity contribution in [2.45, 2.75) is 25.4 Å². The van der Waals surface area contributed by atoms with E-state index >= 15 is 0 Å². The molecule has 2 aromatic heterocycles. The number of nitrogens with zero attached hydrogens (tertiary/aromatic N) is 3. The van der Waals surface area contributed by atoms with Crippen LogP contribution in [-0.2, 0) is 36.2 Å². The lowest BCUT2D eigenvalue weighted by Crippen LogP contribution is -2.21. The molecule has 0 amide bonds. The molecule has 0 aliphatic carbocycles. The first-order valence-electron chi connectivity index (χ1n) is 8.47. The molecule has 0 aromatic carbocycles. The molecule has 1 saturated heterocycles. The van der Waals surface area contributed by atoms with E-state index in [2.05, 4.69) is 39.4 Å². The molecule has 10 nitrogen and oxygen atoms in total. The second kappa shape index (κ2) is 11.2. The van der Waals surface area contributed by atoms with Gasteiger partial charge in [0.1, 0.15) is 18.5 Å². The molecule has 1 aliphatic heterocycles. The van der Waals surface area contributed by atoms with Gasteiger partial charge in [-0.15, -0.1) is 12.2 Å². The molecule has 162 valence electrons. The van der Waals surface area contributed by atoms with Gasteiger partial charge >= 0.3 is 0 Å². The van der Waals surface area contributed by atoms with E-state index in [0.717, 1.165) is 0 Å². The summed E-state index contributed by atoms with van der Waals surface area (Å²) in [6.07, 6.45) is -0.610. The van der Waals surface area contributed by atoms with E-state index in [1.807, 2.05) is 0 Å². The molecule has 29 heavy (non-hydrogen) atoms. The van der Waals surface area contributed by atoms with Crippen molar-refractivity contribution in [1.82, 2.24) is 19.5 Å². The maximum atomic E-state index is 13.6. The highest BCUT2D eigenvalue weighted by Gasteiger charge is 2.31. The molecule has 4 atom stereocenters. The third kappa shape index (κ3) is 6.25. The highest BCUT2D eigenvalue weighted by Crippen LogP contribution is 2.46. The third-order valence-corrected chi connectivity index (χ3v) is 6.96. The van der Waals surface area contributed by atoms with E-state index < -0.39 is 26.8 Å². The zero-order valence-corrected chi connectivity index (χ0v) is 19.0. The highest BCUT2D eigenvalue weighted by molar-refractivity contribution is 8.42. The molecule has 0 saturated carbocycles. The van der Waals surface area contributed by atoms with Crippen molar-refractivity contribution in [3.8, 4) is 0 Å². The first kappa shape index (κ1) is 23.2. The van der Waals surface area contributed by atoms with Crippen molar-refractivity contribution in [2.24, 2.45) is 0 Å². The summed E-state index contributed by atoms with van der Waals surface area (Å²) in [6, 6.07) is 0. The summed E-state index contributed by atoms with van der Waals surface area (Å²) >= 11 is 8.54. The van der Waals surface area contributed by atoms with Crippen LogP contribution in [0.25, 0.3) is 11.2 Å². The summed E-state index contributed by atoms with van der Waals surface area (Å²) in [6.45, 7) is -0.663. The maximum absolute atomic E-state index is 13.6. The zero-order chi connectivity index (χ0) is 20.8. The summed E-state index contributed by atoms with van der Waals surface area (Å²) in [5.41, 5.74) is 0.218. The van der Waals surface area contributed by atoms with Crippen LogP contribution in [0.3, 0.4) is 0 Å². The number of aromatic amines is 1. The Hall–Kier alpha value is -0.490. The Morgan fingerprint density at radius 3 is 3.10 bits per heavy atom. The van der Waals surface area contributed by atoms with E-state index in [0.29, 0.717) is 24.6 Å². The van der Waals surface area contributed by atoms with Gasteiger partial charge in [-0.2, -0.15) is 0 Å². The van der Waals surface area contributed by atoms with Gasteiger partial charge in [0.05, 0.1) is 39.1 Å². The zero-order valence-electron chi connectivity index (χ0n) is 15.4. The van der Waals surface area contributed by atoms with Gasteiger partial charge in [-0.1, -0.05) is 12.2 Å². The van der Waals surface area contributed by atoms with Gasteiger partial charge in [-0.3, -0.25) is 4.79 Å². The van der Waals surface area contributed by atoms with Crippen LogP contribution < -0.4 is 5.56 Å². The average Bonchev–Trinajstić information content (AvgIpc) is 3.25. The Morgan fingerprint density at radius 2 is 2.38 bits per heavy atom. The van der Waals surface area contributed by atoms with E-state index in [1.54, 1.807) is 4.57 Å². The van der Waals surface area contributed by atoms with Gasteiger partial charge in [0, 0.05) is 13.7 Å². The lowest BCUT2D eigenvalue weighted by molar-refractivity contribution is 0.123. The first-order valence-corrected chi connectivity index (χ1v) is 13.6. The monoisotopic (exact) mass is 486 g/mol. The lowest BCUT2D eigenvalue weighted by Gasteiger charge is -2.17. The number of aromatic nitrogens is 4. The Bertz CT molecular complexity index is 916. The van der Waals surface area contributed by atoms with Crippen LogP contribution in [0.2, 0.25) is 0 Å². The number of ether oxygens (including phenoxy) is 2. The molecular formula is C14H21FN4O6P2S2. The van der Waals surface area contributed by atoms with Crippen molar-refractivity contribution in [2.75, 3.05) is 26.9 Å². The van der Waals surface area contributed by atoms with E-state index in [-0.39, 0.29) is 30.9 Å². The molecule has 0 bridgehead atoms. The van der Waals surface area contributed by atoms with Crippen LogP contribution in [0.15, 0.2) is 11.1 Å². The van der Waals surface area contributed by atoms with E-state index in [1.165, 1.54) is 19.4 Å². The summed E-state index contributed by atoms with van der Waals surface area (Å²) in [7, 11) is -0.137. The van der Waals surface area contributed by atoms with Crippen molar-refractivity contribution in [3.63, 3.8) is 0 Å². The second-order valence-corrected chi connectivity index (χ2v) is 10.3. The SMILES string of the molecule is CO/C=[PH](/S)OCCn1c(COP(S)OC2COCC2F)nc2c(=O)[nH]cnc21. The minimum absolute atomic E-state index is 0.000919. The van der Waals surface area contributed by atoms with Gasteiger partial charge in [0.2, 0.25) is 7.58 Å². The van der Waals surface area contributed by atoms with Crippen LogP contribution >= 0.6 is 39.0 Å². The number of thiol groups is 2. The largest absolute Gasteiger partial charge is 0.375 e. The van der Waals surface area contributed by atoms with Crippen LogP contribution in [0.4, 0.5) is 4.39 Å². The molecule has 3 heterocycles. The van der Waals surface area contributed by atoms with Gasteiger partial charge in [0.15, 0.2) is 17.3 Å². The van der Waals surface area contributed by atoms with Gasteiger partial charge in [0.25, 0.3) is 5.56 Å². The summed E-state index contributed by atoms with van der Waals surface area (Å²) in [5.74, 6) is 1.98. The Kier molecular flexibility index (Phi) is 8.97. The smallest absolute Gasteiger partial charge is 0.278 e. The average molecular weight is 486 g/mol. The normalized spacial score (nSPS) is 21.8. The van der Waals surface area contributed by atoms with E-state index in [9.17, 15) is 9.18 Å². The number of rotatable bonds is 10. The third-order valence-electron chi connectivity index (χ3n) is 3.89. The summed E-state index contributed by atoms with van der Waals surface area (Å²) in [5, 5.41) is 0. The minimum Gasteiger partial charge on any atom is -0.375 e. The van der Waals surface area contributed by atoms with Crippen LogP contribution in [0.1, 0.15) is 5.82 Å². The first-order chi connectivity index (χ1) is 14.0. The van der Waals surface area contributed by atoms with Crippen molar-refractivity contribution < 1.29 is 27.4 Å². The molecule has 4 unspecified atom stereocenters.